The Kier molecular flexibility index (Phi) is 5.16. The van der Waals surface area contributed by atoms with Crippen LogP contribution in [0.1, 0.15) is 27.3 Å². The van der Waals surface area contributed by atoms with Gasteiger partial charge in [0, 0.05) is 36.7 Å². The van der Waals surface area contributed by atoms with Crippen molar-refractivity contribution < 1.29 is 9.18 Å². The maximum absolute atomic E-state index is 14.1. The summed E-state index contributed by atoms with van der Waals surface area (Å²) in [4.78, 5) is 42.2. The minimum Gasteiger partial charge on any atom is -0.318 e. The molecule has 1 aromatic carbocycles. The van der Waals surface area contributed by atoms with Crippen molar-refractivity contribution >= 4 is 28.5 Å². The summed E-state index contributed by atoms with van der Waals surface area (Å²) in [5.74, 6) is -0.630. The summed E-state index contributed by atoms with van der Waals surface area (Å²) in [5, 5.41) is -0.0685. The van der Waals surface area contributed by atoms with Gasteiger partial charge in [-0.3, -0.25) is 18.7 Å². The highest BCUT2D eigenvalue weighted by Crippen LogP contribution is 2.24. The van der Waals surface area contributed by atoms with E-state index in [-0.39, 0.29) is 34.6 Å². The van der Waals surface area contributed by atoms with Gasteiger partial charge in [-0.25, -0.2) is 9.18 Å². The molecule has 0 aliphatic rings. The van der Waals surface area contributed by atoms with Gasteiger partial charge in [-0.2, -0.15) is 4.98 Å². The molecule has 3 heterocycles. The van der Waals surface area contributed by atoms with Gasteiger partial charge in [-0.15, -0.1) is 0 Å². The number of aryl methyl sites for hydroxylation is 3. The second kappa shape index (κ2) is 7.59. The van der Waals surface area contributed by atoms with Crippen molar-refractivity contribution in [3.63, 3.8) is 0 Å². The Balaban J connectivity index is 1.80. The zero-order chi connectivity index (χ0) is 23.5. The summed E-state index contributed by atoms with van der Waals surface area (Å²) in [6.45, 7) is 5.04. The van der Waals surface area contributed by atoms with Gasteiger partial charge in [0.1, 0.15) is 5.82 Å². The number of carbonyl (C=O) groups is 1. The second-order valence-corrected chi connectivity index (χ2v) is 8.16. The number of hydrogen-bond acceptors (Lipinski definition) is 4. The number of Topliss-reactive ketones (excluding diaryl/α,β-unsaturated/α-hetero) is 1. The van der Waals surface area contributed by atoms with E-state index in [0.29, 0.717) is 22.5 Å². The van der Waals surface area contributed by atoms with E-state index in [1.165, 1.54) is 29.3 Å². The third kappa shape index (κ3) is 3.20. The van der Waals surface area contributed by atoms with E-state index in [2.05, 4.69) is 4.98 Å². The summed E-state index contributed by atoms with van der Waals surface area (Å²) in [6, 6.07) is 6.62. The number of ketones is 1. The summed E-state index contributed by atoms with van der Waals surface area (Å²) in [6.07, 6.45) is 0. The molecule has 8 nitrogen and oxygen atoms in total. The number of fused-ring (bicyclic) bond motifs is 1. The number of imidazole rings is 1. The summed E-state index contributed by atoms with van der Waals surface area (Å²) < 4.78 is 19.4. The van der Waals surface area contributed by atoms with Crippen molar-refractivity contribution in [3.05, 3.63) is 78.7 Å². The molecule has 0 radical (unpaired) electrons. The van der Waals surface area contributed by atoms with Gasteiger partial charge >= 0.3 is 5.69 Å². The van der Waals surface area contributed by atoms with Gasteiger partial charge in [-0.05, 0) is 56.1 Å². The lowest BCUT2D eigenvalue weighted by Gasteiger charge is -2.11. The first kappa shape index (κ1) is 21.8. The molecule has 32 heavy (non-hydrogen) atoms. The Morgan fingerprint density at radius 2 is 1.78 bits per heavy atom. The van der Waals surface area contributed by atoms with Gasteiger partial charge in [0.15, 0.2) is 16.9 Å². The quantitative estimate of drug-likeness (QED) is 0.348. The van der Waals surface area contributed by atoms with E-state index in [0.717, 1.165) is 10.3 Å². The number of hydrogen-bond donors (Lipinski definition) is 0. The van der Waals surface area contributed by atoms with Crippen LogP contribution in [0, 0.1) is 26.6 Å². The summed E-state index contributed by atoms with van der Waals surface area (Å²) in [5.41, 5.74) is 2.01. The predicted octanol–water partition coefficient (Wildman–Crippen LogP) is 2.83. The molecule has 4 rings (SSSR count). The Bertz CT molecular complexity index is 1540. The van der Waals surface area contributed by atoms with E-state index >= 15 is 0 Å². The van der Waals surface area contributed by atoms with Crippen LogP contribution in [0.25, 0.3) is 16.9 Å². The third-order valence-corrected chi connectivity index (χ3v) is 6.04. The normalized spacial score (nSPS) is 11.5. The van der Waals surface area contributed by atoms with Crippen LogP contribution >= 0.6 is 11.6 Å². The van der Waals surface area contributed by atoms with Crippen LogP contribution in [-0.2, 0) is 20.6 Å². The first-order valence-electron chi connectivity index (χ1n) is 9.83. The van der Waals surface area contributed by atoms with Gasteiger partial charge in [0.05, 0.1) is 6.54 Å². The topological polar surface area (TPSA) is 83.8 Å². The minimum absolute atomic E-state index is 0.0685. The minimum atomic E-state index is -0.587. The lowest BCUT2D eigenvalue weighted by atomic mass is 10.1. The average molecular weight is 458 g/mol. The number of benzene rings is 1. The number of rotatable bonds is 4. The monoisotopic (exact) mass is 457 g/mol. The van der Waals surface area contributed by atoms with Crippen LogP contribution < -0.4 is 11.2 Å². The summed E-state index contributed by atoms with van der Waals surface area (Å²) >= 11 is 6.24. The largest absolute Gasteiger partial charge is 0.332 e. The molecule has 0 N–H and O–H groups in total. The van der Waals surface area contributed by atoms with Gasteiger partial charge in [-0.1, -0.05) is 6.07 Å². The van der Waals surface area contributed by atoms with Gasteiger partial charge < -0.3 is 9.13 Å². The number of carbonyl (C=O) groups excluding carboxylic acids is 1. The van der Waals surface area contributed by atoms with Crippen molar-refractivity contribution in [3.8, 4) is 5.69 Å². The fourth-order valence-electron chi connectivity index (χ4n) is 3.96. The lowest BCUT2D eigenvalue weighted by Crippen LogP contribution is -2.37. The molecule has 3 aromatic heterocycles. The van der Waals surface area contributed by atoms with Crippen LogP contribution in [0.15, 0.2) is 33.9 Å². The molecule has 0 amide bonds. The molecule has 0 unspecified atom stereocenters. The highest BCUT2D eigenvalue weighted by Gasteiger charge is 2.23. The highest BCUT2D eigenvalue weighted by atomic mass is 35.5. The molecule has 0 spiro atoms. The van der Waals surface area contributed by atoms with Crippen molar-refractivity contribution in [1.82, 2.24) is 23.3 Å². The maximum atomic E-state index is 14.1. The Labute approximate surface area is 187 Å². The third-order valence-electron chi connectivity index (χ3n) is 5.75. The standard InChI is InChI=1S/C22H21ClFN5O3/c1-11-6-7-14(9-16(11)24)29-12(2)8-15(13(29)3)17(30)10-28-18-19(25-21(28)23)26(4)22(32)27(5)20(18)31/h6-9H,10H2,1-5H3. The predicted molar refractivity (Wildman–Crippen MR) is 119 cm³/mol. The van der Waals surface area contributed by atoms with Crippen molar-refractivity contribution in [2.45, 2.75) is 27.3 Å². The fourth-order valence-corrected chi connectivity index (χ4v) is 4.18. The van der Waals surface area contributed by atoms with Crippen LogP contribution in [-0.4, -0.2) is 29.0 Å². The van der Waals surface area contributed by atoms with E-state index in [1.807, 2.05) is 6.92 Å². The summed E-state index contributed by atoms with van der Waals surface area (Å²) in [7, 11) is 2.83. The van der Waals surface area contributed by atoms with Crippen molar-refractivity contribution in [2.24, 2.45) is 14.1 Å². The Morgan fingerprint density at radius 1 is 1.09 bits per heavy atom. The number of halogens is 2. The van der Waals surface area contributed by atoms with E-state index < -0.39 is 11.2 Å². The molecule has 0 saturated carbocycles. The lowest BCUT2D eigenvalue weighted by molar-refractivity contribution is 0.0972. The van der Waals surface area contributed by atoms with Gasteiger partial charge in [0.2, 0.25) is 5.28 Å². The Hall–Kier alpha value is -3.46. The molecule has 0 fully saturated rings. The first-order valence-corrected chi connectivity index (χ1v) is 10.2. The van der Waals surface area contributed by atoms with Crippen LogP contribution in [0.4, 0.5) is 4.39 Å². The molecule has 0 bridgehead atoms. The smallest absolute Gasteiger partial charge is 0.318 e. The molecule has 166 valence electrons. The zero-order valence-corrected chi connectivity index (χ0v) is 19.0. The molecule has 0 aliphatic heterocycles. The molecular weight excluding hydrogens is 437 g/mol. The fraction of sp³-hybridized carbons (Fsp3) is 0.273. The maximum Gasteiger partial charge on any atom is 0.332 e. The van der Waals surface area contributed by atoms with E-state index in [1.54, 1.807) is 36.6 Å². The molecule has 10 heteroatoms. The van der Waals surface area contributed by atoms with Gasteiger partial charge in [0.25, 0.3) is 5.56 Å². The number of aromatic nitrogens is 5. The highest BCUT2D eigenvalue weighted by molar-refractivity contribution is 6.29. The van der Waals surface area contributed by atoms with Crippen molar-refractivity contribution in [1.29, 1.82) is 0 Å². The number of nitrogens with zero attached hydrogens (tertiary/aromatic N) is 5. The van der Waals surface area contributed by atoms with Crippen LogP contribution in [0.5, 0.6) is 0 Å². The molecule has 0 saturated heterocycles. The Morgan fingerprint density at radius 3 is 2.44 bits per heavy atom. The average Bonchev–Trinajstić information content (AvgIpc) is 3.23. The molecular formula is C22H21ClFN5O3. The van der Waals surface area contributed by atoms with E-state index in [9.17, 15) is 18.8 Å². The van der Waals surface area contributed by atoms with E-state index in [4.69, 9.17) is 11.6 Å². The zero-order valence-electron chi connectivity index (χ0n) is 18.2. The second-order valence-electron chi connectivity index (χ2n) is 7.82. The first-order chi connectivity index (χ1) is 15.0. The van der Waals surface area contributed by atoms with Crippen molar-refractivity contribution in [2.75, 3.05) is 0 Å². The molecule has 0 aliphatic carbocycles. The molecule has 4 aromatic rings. The van der Waals surface area contributed by atoms with Crippen LogP contribution in [0.3, 0.4) is 0 Å². The molecule has 0 atom stereocenters. The SMILES string of the molecule is Cc1ccc(-n2c(C)cc(C(=O)Cn3c(Cl)nc4c3c(=O)n(C)c(=O)n4C)c2C)cc1F. The van der Waals surface area contributed by atoms with Crippen LogP contribution in [0.2, 0.25) is 5.28 Å².